The molecule has 210 valence electrons. The van der Waals surface area contributed by atoms with Crippen molar-refractivity contribution < 1.29 is 31.1 Å². The van der Waals surface area contributed by atoms with E-state index in [-0.39, 0.29) is 35.5 Å². The Hall–Kier alpha value is -3.27. The summed E-state index contributed by atoms with van der Waals surface area (Å²) >= 11 is 0. The monoisotopic (exact) mass is 566 g/mol. The fourth-order valence-corrected chi connectivity index (χ4v) is 5.30. The molecule has 0 aliphatic carbocycles. The number of hydrogen-bond donors (Lipinski definition) is 3. The van der Waals surface area contributed by atoms with E-state index in [9.17, 15) is 26.0 Å². The van der Waals surface area contributed by atoms with Gasteiger partial charge in [0, 0.05) is 43.0 Å². The van der Waals surface area contributed by atoms with Crippen LogP contribution in [0.1, 0.15) is 18.5 Å². The van der Waals surface area contributed by atoms with Gasteiger partial charge in [-0.25, -0.2) is 12.8 Å². The van der Waals surface area contributed by atoms with Crippen LogP contribution in [-0.2, 0) is 16.4 Å². The predicted molar refractivity (Wildman–Crippen MR) is 143 cm³/mol. The Labute approximate surface area is 224 Å². The molecule has 3 aromatic rings. The summed E-state index contributed by atoms with van der Waals surface area (Å²) in [5, 5.41) is 16.0. The van der Waals surface area contributed by atoms with Gasteiger partial charge in [-0.3, -0.25) is 0 Å². The second-order valence-corrected chi connectivity index (χ2v) is 11.5. The molecule has 2 aromatic carbocycles. The molecule has 2 heterocycles. The summed E-state index contributed by atoms with van der Waals surface area (Å²) in [5.41, 5.74) is 1.33. The van der Waals surface area contributed by atoms with Crippen LogP contribution in [0.4, 0.5) is 28.9 Å². The normalized spacial score (nSPS) is 15.2. The largest absolute Gasteiger partial charge is 0.406 e. The first kappa shape index (κ1) is 28.7. The van der Waals surface area contributed by atoms with Crippen LogP contribution in [0.2, 0.25) is 0 Å². The summed E-state index contributed by atoms with van der Waals surface area (Å²) in [7, 11) is -3.56. The molecule has 1 saturated heterocycles. The van der Waals surface area contributed by atoms with E-state index in [2.05, 4.69) is 27.4 Å². The maximum Gasteiger partial charge on any atom is 0.406 e. The standard InChI is InChI=1S/C27H30F4N4O3S/c1-39(37,38)21-7-8-25(23(28)17-21)32-11-3-4-20-16-22-24(33-19-9-12-34(13-10-19)14-15-36)5-2-6-26(22)35(20)18-27(29,30)31/h2,5-8,16-17,19,32-33,36H,9-15,18H2,1H3. The molecule has 1 aliphatic rings. The Morgan fingerprint density at radius 2 is 1.85 bits per heavy atom. The first-order valence-electron chi connectivity index (χ1n) is 12.5. The molecule has 0 spiro atoms. The van der Waals surface area contributed by atoms with Crippen molar-refractivity contribution in [3.05, 3.63) is 54.0 Å². The number of aliphatic hydroxyl groups excluding tert-OH is 1. The summed E-state index contributed by atoms with van der Waals surface area (Å²) < 4.78 is 79.0. The third-order valence-electron chi connectivity index (χ3n) is 6.60. The highest BCUT2D eigenvalue weighted by Gasteiger charge is 2.30. The van der Waals surface area contributed by atoms with Gasteiger partial charge < -0.3 is 25.2 Å². The molecule has 1 aromatic heterocycles. The molecule has 0 radical (unpaired) electrons. The number of benzene rings is 2. The number of aliphatic hydroxyl groups is 1. The van der Waals surface area contributed by atoms with Crippen LogP contribution in [-0.4, -0.2) is 74.3 Å². The van der Waals surface area contributed by atoms with Gasteiger partial charge in [0.2, 0.25) is 0 Å². The van der Waals surface area contributed by atoms with Crippen molar-refractivity contribution in [3.63, 3.8) is 0 Å². The van der Waals surface area contributed by atoms with Crippen molar-refractivity contribution in [1.29, 1.82) is 0 Å². The number of anilines is 2. The highest BCUT2D eigenvalue weighted by atomic mass is 32.2. The van der Waals surface area contributed by atoms with Gasteiger partial charge >= 0.3 is 6.18 Å². The van der Waals surface area contributed by atoms with E-state index in [1.807, 2.05) is 6.07 Å². The quantitative estimate of drug-likeness (QED) is 0.282. The minimum Gasteiger partial charge on any atom is -0.395 e. The van der Waals surface area contributed by atoms with E-state index in [4.69, 9.17) is 5.11 Å². The van der Waals surface area contributed by atoms with E-state index in [1.165, 1.54) is 12.1 Å². The van der Waals surface area contributed by atoms with Gasteiger partial charge in [0.25, 0.3) is 0 Å². The summed E-state index contributed by atoms with van der Waals surface area (Å²) in [4.78, 5) is 2.01. The smallest absolute Gasteiger partial charge is 0.395 e. The van der Waals surface area contributed by atoms with Crippen molar-refractivity contribution in [3.8, 4) is 11.8 Å². The van der Waals surface area contributed by atoms with Crippen LogP contribution in [0.15, 0.2) is 47.4 Å². The number of sulfone groups is 1. The summed E-state index contributed by atoms with van der Waals surface area (Å²) in [6.07, 6.45) is -1.79. The molecule has 39 heavy (non-hydrogen) atoms. The Bertz CT molecular complexity index is 1480. The second kappa shape index (κ2) is 11.9. The predicted octanol–water partition coefficient (Wildman–Crippen LogP) is 4.08. The third kappa shape index (κ3) is 7.44. The van der Waals surface area contributed by atoms with Crippen molar-refractivity contribution in [2.45, 2.75) is 36.5 Å². The van der Waals surface area contributed by atoms with Crippen LogP contribution in [0.5, 0.6) is 0 Å². The molecular formula is C27H30F4N4O3S. The fraction of sp³-hybridized carbons (Fsp3) is 0.407. The number of likely N-dealkylation sites (tertiary alicyclic amines) is 1. The number of nitrogens with zero attached hydrogens (tertiary/aromatic N) is 2. The first-order chi connectivity index (χ1) is 18.4. The number of aromatic nitrogens is 1. The Morgan fingerprint density at radius 1 is 1.10 bits per heavy atom. The van der Waals surface area contributed by atoms with Gasteiger partial charge in [-0.2, -0.15) is 13.2 Å². The molecule has 0 saturated carbocycles. The molecule has 1 fully saturated rings. The van der Waals surface area contributed by atoms with E-state index in [0.717, 1.165) is 48.5 Å². The van der Waals surface area contributed by atoms with Gasteiger partial charge in [-0.1, -0.05) is 12.0 Å². The first-order valence-corrected chi connectivity index (χ1v) is 14.3. The number of alkyl halides is 3. The van der Waals surface area contributed by atoms with E-state index in [0.29, 0.717) is 17.4 Å². The van der Waals surface area contributed by atoms with Gasteiger partial charge in [-0.15, -0.1) is 0 Å². The number of fused-ring (bicyclic) bond motifs is 1. The fourth-order valence-electron chi connectivity index (χ4n) is 4.67. The molecule has 0 bridgehead atoms. The lowest BCUT2D eigenvalue weighted by atomic mass is 10.0. The van der Waals surface area contributed by atoms with E-state index >= 15 is 0 Å². The Kier molecular flexibility index (Phi) is 8.73. The molecular weight excluding hydrogens is 536 g/mol. The van der Waals surface area contributed by atoms with Crippen molar-refractivity contribution in [2.24, 2.45) is 0 Å². The van der Waals surface area contributed by atoms with Gasteiger partial charge in [0.1, 0.15) is 12.4 Å². The number of hydrogen-bond acceptors (Lipinski definition) is 6. The summed E-state index contributed by atoms with van der Waals surface area (Å²) in [5.74, 6) is 4.75. The average molecular weight is 567 g/mol. The zero-order valence-electron chi connectivity index (χ0n) is 21.4. The zero-order chi connectivity index (χ0) is 28.2. The highest BCUT2D eigenvalue weighted by Crippen LogP contribution is 2.31. The molecule has 7 nitrogen and oxygen atoms in total. The number of piperidine rings is 1. The van der Waals surface area contributed by atoms with Gasteiger partial charge in [0.05, 0.1) is 34.9 Å². The van der Waals surface area contributed by atoms with Crippen LogP contribution in [0, 0.1) is 17.7 Å². The zero-order valence-corrected chi connectivity index (χ0v) is 22.2. The minimum atomic E-state index is -4.46. The van der Waals surface area contributed by atoms with Crippen molar-refractivity contribution in [1.82, 2.24) is 9.47 Å². The number of nitrogens with one attached hydrogen (secondary N) is 2. The summed E-state index contributed by atoms with van der Waals surface area (Å²) in [6, 6.07) is 10.4. The maximum atomic E-state index is 14.3. The van der Waals surface area contributed by atoms with Crippen LogP contribution in [0.25, 0.3) is 10.9 Å². The molecule has 0 atom stereocenters. The molecule has 1 aliphatic heterocycles. The molecule has 12 heteroatoms. The lowest BCUT2D eigenvalue weighted by Crippen LogP contribution is -2.40. The van der Waals surface area contributed by atoms with Gasteiger partial charge in [0.15, 0.2) is 9.84 Å². The maximum absolute atomic E-state index is 14.3. The average Bonchev–Trinajstić information content (AvgIpc) is 3.20. The van der Waals surface area contributed by atoms with E-state index in [1.54, 1.807) is 18.2 Å². The minimum absolute atomic E-state index is 0.0315. The Balaban J connectivity index is 1.55. The van der Waals surface area contributed by atoms with Gasteiger partial charge in [-0.05, 0) is 55.2 Å². The Morgan fingerprint density at radius 3 is 2.49 bits per heavy atom. The molecule has 4 rings (SSSR count). The molecule has 0 unspecified atom stereocenters. The van der Waals surface area contributed by atoms with Crippen molar-refractivity contribution >= 4 is 32.1 Å². The lowest BCUT2D eigenvalue weighted by Gasteiger charge is -2.32. The lowest BCUT2D eigenvalue weighted by molar-refractivity contribution is -0.140. The van der Waals surface area contributed by atoms with Crippen LogP contribution >= 0.6 is 0 Å². The van der Waals surface area contributed by atoms with Crippen molar-refractivity contribution in [2.75, 3.05) is 49.7 Å². The highest BCUT2D eigenvalue weighted by molar-refractivity contribution is 7.90. The number of β-amino-alcohol motifs (C(OH)–C–C–N with tert-alkyl or cyclic N) is 1. The van der Waals surface area contributed by atoms with Crippen LogP contribution < -0.4 is 10.6 Å². The molecule has 0 amide bonds. The van der Waals surface area contributed by atoms with E-state index < -0.39 is 28.4 Å². The third-order valence-corrected chi connectivity index (χ3v) is 7.71. The van der Waals surface area contributed by atoms with Crippen LogP contribution in [0.3, 0.4) is 0 Å². The second-order valence-electron chi connectivity index (χ2n) is 9.52. The molecule has 3 N–H and O–H groups in total. The SMILES string of the molecule is CS(=O)(=O)c1ccc(NCC#Cc2cc3c(NC4CCN(CCO)CC4)cccc3n2CC(F)(F)F)c(F)c1. The number of rotatable bonds is 8. The number of halogens is 4. The summed E-state index contributed by atoms with van der Waals surface area (Å²) in [6.45, 7) is 1.10. The topological polar surface area (TPSA) is 86.6 Å².